The van der Waals surface area contributed by atoms with Gasteiger partial charge in [0.2, 0.25) is 11.7 Å². The molecule has 3 atom stereocenters. The van der Waals surface area contributed by atoms with E-state index < -0.39 is 24.2 Å². The van der Waals surface area contributed by atoms with Crippen molar-refractivity contribution in [3.05, 3.63) is 72.0 Å². The minimum Gasteiger partial charge on any atom is -0.480 e. The summed E-state index contributed by atoms with van der Waals surface area (Å²) < 4.78 is 10.3. The van der Waals surface area contributed by atoms with Crippen LogP contribution >= 0.6 is 0 Å². The summed E-state index contributed by atoms with van der Waals surface area (Å²) in [6.07, 6.45) is -0.514. The average molecular weight is 425 g/mol. The smallest absolute Gasteiger partial charge is 0.373 e. The molecule has 3 rings (SSSR count). The summed E-state index contributed by atoms with van der Waals surface area (Å²) in [5, 5.41) is 13.0. The molecule has 0 bridgehead atoms. The number of rotatable bonds is 8. The molecule has 1 heterocycles. The van der Waals surface area contributed by atoms with Crippen LogP contribution in [0.2, 0.25) is 0 Å². The summed E-state index contributed by atoms with van der Waals surface area (Å²) in [5.74, 6) is -1.07. The highest BCUT2D eigenvalue weighted by molar-refractivity contribution is 5.86. The Morgan fingerprint density at radius 3 is 2.35 bits per heavy atom. The largest absolute Gasteiger partial charge is 0.480 e. The number of carbonyl (C=O) groups is 2. The zero-order chi connectivity index (χ0) is 22.2. The number of ether oxygens (including phenoxy) is 2. The van der Waals surface area contributed by atoms with E-state index in [2.05, 4.69) is 45.2 Å². The van der Waals surface area contributed by atoms with E-state index in [4.69, 9.17) is 4.74 Å². The Morgan fingerprint density at radius 2 is 1.71 bits per heavy atom. The third-order valence-corrected chi connectivity index (χ3v) is 4.91. The SMILES string of the molecule is COC(=O)C1=C[C@H](O)[C@@H](NC(C)=O)[C@H](CNNCc2ccc(-c3ccccc3)cc2)O1. The minimum atomic E-state index is -1.08. The lowest BCUT2D eigenvalue weighted by molar-refractivity contribution is -0.143. The number of benzene rings is 2. The molecular formula is C23H27N3O5. The van der Waals surface area contributed by atoms with Gasteiger partial charge in [0.1, 0.15) is 12.2 Å². The fourth-order valence-electron chi connectivity index (χ4n) is 3.34. The van der Waals surface area contributed by atoms with Crippen molar-refractivity contribution in [2.24, 2.45) is 0 Å². The van der Waals surface area contributed by atoms with Gasteiger partial charge in [-0.05, 0) is 22.8 Å². The van der Waals surface area contributed by atoms with E-state index >= 15 is 0 Å². The first-order valence-electron chi connectivity index (χ1n) is 10.00. The molecule has 0 spiro atoms. The second-order valence-electron chi connectivity index (χ2n) is 7.19. The highest BCUT2D eigenvalue weighted by Gasteiger charge is 2.36. The summed E-state index contributed by atoms with van der Waals surface area (Å²) in [5.41, 5.74) is 9.50. The van der Waals surface area contributed by atoms with Crippen LogP contribution in [0.3, 0.4) is 0 Å². The number of esters is 1. The van der Waals surface area contributed by atoms with Crippen molar-refractivity contribution in [3.63, 3.8) is 0 Å². The molecule has 8 heteroatoms. The van der Waals surface area contributed by atoms with E-state index in [1.54, 1.807) is 0 Å². The van der Waals surface area contributed by atoms with Crippen LogP contribution in [0.25, 0.3) is 11.1 Å². The number of aliphatic hydroxyl groups is 1. The van der Waals surface area contributed by atoms with Crippen LogP contribution in [0, 0.1) is 0 Å². The molecule has 0 aliphatic carbocycles. The van der Waals surface area contributed by atoms with Crippen molar-refractivity contribution in [3.8, 4) is 11.1 Å². The molecule has 31 heavy (non-hydrogen) atoms. The molecule has 0 aromatic heterocycles. The van der Waals surface area contributed by atoms with Gasteiger partial charge in [0.25, 0.3) is 0 Å². The van der Waals surface area contributed by atoms with Crippen molar-refractivity contribution in [2.75, 3.05) is 13.7 Å². The standard InChI is InChI=1S/C23H27N3O5/c1-15(27)26-22-19(28)12-20(23(29)30-2)31-21(22)14-25-24-13-16-8-10-18(11-9-16)17-6-4-3-5-7-17/h3-12,19,21-22,24-25,28H,13-14H2,1-2H3,(H,26,27)/t19-,21-,22+/m0/s1. The average Bonchev–Trinajstić information content (AvgIpc) is 2.78. The summed E-state index contributed by atoms with van der Waals surface area (Å²) in [7, 11) is 1.23. The third kappa shape index (κ3) is 6.14. The van der Waals surface area contributed by atoms with Crippen LogP contribution in [-0.4, -0.2) is 48.9 Å². The molecule has 1 amide bonds. The van der Waals surface area contributed by atoms with Gasteiger partial charge in [0.15, 0.2) is 0 Å². The van der Waals surface area contributed by atoms with Gasteiger partial charge in [-0.1, -0.05) is 54.6 Å². The fraction of sp³-hybridized carbons (Fsp3) is 0.304. The summed E-state index contributed by atoms with van der Waals surface area (Å²) >= 11 is 0. The quantitative estimate of drug-likeness (QED) is 0.287. The van der Waals surface area contributed by atoms with Crippen molar-refractivity contribution >= 4 is 11.9 Å². The predicted octanol–water partition coefficient (Wildman–Crippen LogP) is 1.27. The molecule has 2 aromatic carbocycles. The number of hydrogen-bond acceptors (Lipinski definition) is 7. The monoisotopic (exact) mass is 425 g/mol. The maximum absolute atomic E-state index is 11.8. The van der Waals surface area contributed by atoms with Gasteiger partial charge in [-0.15, -0.1) is 0 Å². The van der Waals surface area contributed by atoms with Crippen LogP contribution in [-0.2, 0) is 25.6 Å². The van der Waals surface area contributed by atoms with Crippen LogP contribution < -0.4 is 16.2 Å². The van der Waals surface area contributed by atoms with Crippen LogP contribution in [0.4, 0.5) is 0 Å². The molecule has 0 fully saturated rings. The summed E-state index contributed by atoms with van der Waals surface area (Å²) in [6, 6.07) is 17.6. The number of nitrogens with one attached hydrogen (secondary N) is 3. The first kappa shape index (κ1) is 22.5. The molecule has 1 aliphatic rings. The Bertz CT molecular complexity index is 915. The van der Waals surface area contributed by atoms with Crippen molar-refractivity contribution < 1.29 is 24.2 Å². The second-order valence-corrected chi connectivity index (χ2v) is 7.19. The van der Waals surface area contributed by atoms with Gasteiger partial charge in [0.05, 0.1) is 13.2 Å². The first-order valence-corrected chi connectivity index (χ1v) is 10.00. The molecule has 2 aromatic rings. The van der Waals surface area contributed by atoms with E-state index in [0.29, 0.717) is 6.54 Å². The van der Waals surface area contributed by atoms with E-state index in [1.165, 1.54) is 20.1 Å². The van der Waals surface area contributed by atoms with Crippen LogP contribution in [0.15, 0.2) is 66.4 Å². The predicted molar refractivity (Wildman–Crippen MR) is 115 cm³/mol. The van der Waals surface area contributed by atoms with Crippen LogP contribution in [0.1, 0.15) is 12.5 Å². The number of amides is 1. The number of carbonyl (C=O) groups excluding carboxylic acids is 2. The molecule has 0 unspecified atom stereocenters. The molecule has 8 nitrogen and oxygen atoms in total. The van der Waals surface area contributed by atoms with Gasteiger partial charge in [-0.25, -0.2) is 4.79 Å². The van der Waals surface area contributed by atoms with Gasteiger partial charge < -0.3 is 19.9 Å². The Balaban J connectivity index is 1.54. The maximum Gasteiger partial charge on any atom is 0.373 e. The fourth-order valence-corrected chi connectivity index (χ4v) is 3.34. The lowest BCUT2D eigenvalue weighted by atomic mass is 10.0. The minimum absolute atomic E-state index is 0.0834. The maximum atomic E-state index is 11.8. The number of hydrazine groups is 1. The van der Waals surface area contributed by atoms with E-state index in [9.17, 15) is 14.7 Å². The van der Waals surface area contributed by atoms with Gasteiger partial charge >= 0.3 is 5.97 Å². The molecule has 164 valence electrons. The molecule has 0 saturated carbocycles. The van der Waals surface area contributed by atoms with E-state index in [0.717, 1.165) is 16.7 Å². The number of hydrogen-bond donors (Lipinski definition) is 4. The molecule has 4 N–H and O–H groups in total. The third-order valence-electron chi connectivity index (χ3n) is 4.91. The molecule has 0 radical (unpaired) electrons. The molecule has 1 aliphatic heterocycles. The van der Waals surface area contributed by atoms with E-state index in [-0.39, 0.29) is 18.2 Å². The summed E-state index contributed by atoms with van der Waals surface area (Å²) in [4.78, 5) is 23.3. The highest BCUT2D eigenvalue weighted by atomic mass is 16.6. The van der Waals surface area contributed by atoms with Gasteiger partial charge in [-0.3, -0.25) is 15.6 Å². The zero-order valence-electron chi connectivity index (χ0n) is 17.5. The lowest BCUT2D eigenvalue weighted by Crippen LogP contribution is -2.57. The topological polar surface area (TPSA) is 109 Å². The van der Waals surface area contributed by atoms with Gasteiger partial charge in [-0.2, -0.15) is 0 Å². The zero-order valence-corrected chi connectivity index (χ0v) is 17.5. The number of aliphatic hydroxyl groups excluding tert-OH is 1. The van der Waals surface area contributed by atoms with Crippen molar-refractivity contribution in [2.45, 2.75) is 31.7 Å². The molecular weight excluding hydrogens is 398 g/mol. The van der Waals surface area contributed by atoms with Crippen molar-refractivity contribution in [1.82, 2.24) is 16.2 Å². The Morgan fingerprint density at radius 1 is 1.03 bits per heavy atom. The first-order chi connectivity index (χ1) is 15.0. The number of methoxy groups -OCH3 is 1. The Labute approximate surface area is 181 Å². The van der Waals surface area contributed by atoms with Crippen LogP contribution in [0.5, 0.6) is 0 Å². The van der Waals surface area contributed by atoms with Gasteiger partial charge in [0, 0.05) is 20.0 Å². The lowest BCUT2D eigenvalue weighted by Gasteiger charge is -2.34. The van der Waals surface area contributed by atoms with Crippen molar-refractivity contribution in [1.29, 1.82) is 0 Å². The highest BCUT2D eigenvalue weighted by Crippen LogP contribution is 2.20. The van der Waals surface area contributed by atoms with E-state index in [1.807, 2.05) is 30.3 Å². The Hall–Kier alpha value is -3.20. The Kier molecular flexibility index (Phi) is 7.77. The second kappa shape index (κ2) is 10.7. The normalized spacial score (nSPS) is 20.4. The summed E-state index contributed by atoms with van der Waals surface area (Å²) in [6.45, 7) is 2.14. The molecule has 0 saturated heterocycles.